The summed E-state index contributed by atoms with van der Waals surface area (Å²) in [5.41, 5.74) is 8.50. The number of nitro groups is 1. The first kappa shape index (κ1) is 22.4. The molecule has 3 aromatic rings. The molecule has 0 saturated heterocycles. The second-order valence-electron chi connectivity index (χ2n) is 7.41. The van der Waals surface area contributed by atoms with Gasteiger partial charge in [-0.05, 0) is 57.5 Å². The molecule has 0 aliphatic rings. The lowest BCUT2D eigenvalue weighted by Gasteiger charge is -2.13. The van der Waals surface area contributed by atoms with E-state index in [0.717, 1.165) is 28.2 Å². The number of carbonyl (C=O) groups excluding carboxylic acids is 2. The van der Waals surface area contributed by atoms with Crippen LogP contribution in [0.25, 0.3) is 5.69 Å². The average Bonchev–Trinajstić information content (AvgIpc) is 3.01. The van der Waals surface area contributed by atoms with Crippen LogP contribution in [0.15, 0.2) is 53.6 Å². The van der Waals surface area contributed by atoms with Crippen molar-refractivity contribution in [2.45, 2.75) is 27.7 Å². The molecule has 0 aliphatic carbocycles. The SMILES string of the molecule is Cc1ccc(-n2c(C)cc(/C=N\NC(=O)C(=O)Nc3ccc([N+](=O)[O-])cc3)c2C)c(C)c1. The first-order valence-corrected chi connectivity index (χ1v) is 9.83. The van der Waals surface area contributed by atoms with Crippen molar-refractivity contribution in [3.63, 3.8) is 0 Å². The normalized spacial score (nSPS) is 10.9. The largest absolute Gasteiger partial charge is 0.329 e. The summed E-state index contributed by atoms with van der Waals surface area (Å²) < 4.78 is 2.11. The fourth-order valence-electron chi connectivity index (χ4n) is 3.41. The Morgan fingerprint density at radius 3 is 2.31 bits per heavy atom. The topological polar surface area (TPSA) is 119 Å². The van der Waals surface area contributed by atoms with Crippen LogP contribution in [0.2, 0.25) is 0 Å². The highest BCUT2D eigenvalue weighted by Gasteiger charge is 2.15. The van der Waals surface area contributed by atoms with Gasteiger partial charge >= 0.3 is 11.8 Å². The molecular weight excluding hydrogens is 410 g/mol. The van der Waals surface area contributed by atoms with E-state index < -0.39 is 16.7 Å². The van der Waals surface area contributed by atoms with Crippen LogP contribution in [0.4, 0.5) is 11.4 Å². The van der Waals surface area contributed by atoms with Gasteiger partial charge in [0.1, 0.15) is 0 Å². The third-order valence-corrected chi connectivity index (χ3v) is 4.98. The van der Waals surface area contributed by atoms with Gasteiger partial charge in [0.25, 0.3) is 5.69 Å². The maximum absolute atomic E-state index is 12.0. The first-order chi connectivity index (χ1) is 15.2. The van der Waals surface area contributed by atoms with E-state index in [-0.39, 0.29) is 11.4 Å². The van der Waals surface area contributed by atoms with Crippen LogP contribution in [0.1, 0.15) is 28.1 Å². The van der Waals surface area contributed by atoms with E-state index in [1.54, 1.807) is 0 Å². The number of amides is 2. The molecule has 32 heavy (non-hydrogen) atoms. The molecule has 0 saturated carbocycles. The van der Waals surface area contributed by atoms with Crippen molar-refractivity contribution in [3.8, 4) is 5.69 Å². The van der Waals surface area contributed by atoms with Crippen LogP contribution in [0, 0.1) is 37.8 Å². The van der Waals surface area contributed by atoms with Crippen LogP contribution in [0.3, 0.4) is 0 Å². The molecule has 2 amide bonds. The number of hydrogen-bond donors (Lipinski definition) is 2. The third-order valence-electron chi connectivity index (χ3n) is 4.98. The zero-order valence-corrected chi connectivity index (χ0v) is 18.2. The summed E-state index contributed by atoms with van der Waals surface area (Å²) in [5.74, 6) is -1.89. The zero-order chi connectivity index (χ0) is 23.4. The van der Waals surface area contributed by atoms with Crippen LogP contribution in [0.5, 0.6) is 0 Å². The number of nitrogens with zero attached hydrogens (tertiary/aromatic N) is 3. The van der Waals surface area contributed by atoms with Gasteiger partial charge in [-0.15, -0.1) is 0 Å². The maximum Gasteiger partial charge on any atom is 0.329 e. The Morgan fingerprint density at radius 1 is 1.00 bits per heavy atom. The smallest absolute Gasteiger partial charge is 0.318 e. The number of nitro benzene ring substituents is 1. The molecule has 0 aliphatic heterocycles. The lowest BCUT2D eigenvalue weighted by molar-refractivity contribution is -0.384. The molecular formula is C23H23N5O4. The summed E-state index contributed by atoms with van der Waals surface area (Å²) >= 11 is 0. The van der Waals surface area contributed by atoms with Gasteiger partial charge in [-0.25, -0.2) is 5.43 Å². The standard InChI is InChI=1S/C23H23N5O4/c1-14-5-10-21(15(2)11-14)27-16(3)12-18(17(27)4)13-24-26-23(30)22(29)25-19-6-8-20(9-7-19)28(31)32/h5-13H,1-4H3,(H,25,29)(H,26,30)/b24-13-. The van der Waals surface area contributed by atoms with Crippen molar-refractivity contribution >= 4 is 29.4 Å². The van der Waals surface area contributed by atoms with Crippen molar-refractivity contribution < 1.29 is 14.5 Å². The Balaban J connectivity index is 1.67. The highest BCUT2D eigenvalue weighted by atomic mass is 16.6. The second kappa shape index (κ2) is 9.25. The monoisotopic (exact) mass is 433 g/mol. The molecule has 0 radical (unpaired) electrons. The quantitative estimate of drug-likeness (QED) is 0.276. The number of anilines is 1. The van der Waals surface area contributed by atoms with E-state index in [1.807, 2.05) is 26.8 Å². The minimum absolute atomic E-state index is 0.115. The summed E-state index contributed by atoms with van der Waals surface area (Å²) in [5, 5.41) is 16.9. The number of aryl methyl sites for hydroxylation is 3. The summed E-state index contributed by atoms with van der Waals surface area (Å²) in [6.45, 7) is 8.04. The maximum atomic E-state index is 12.0. The predicted octanol–water partition coefficient (Wildman–Crippen LogP) is 3.71. The van der Waals surface area contributed by atoms with E-state index in [4.69, 9.17) is 0 Å². The molecule has 2 N–H and O–H groups in total. The Kier molecular flexibility index (Phi) is 6.48. The van der Waals surface area contributed by atoms with E-state index in [9.17, 15) is 19.7 Å². The van der Waals surface area contributed by atoms with Gasteiger partial charge < -0.3 is 9.88 Å². The lowest BCUT2D eigenvalue weighted by Crippen LogP contribution is -2.32. The van der Waals surface area contributed by atoms with E-state index in [0.29, 0.717) is 0 Å². The zero-order valence-electron chi connectivity index (χ0n) is 18.2. The number of non-ortho nitro benzene ring substituents is 1. The van der Waals surface area contributed by atoms with E-state index >= 15 is 0 Å². The van der Waals surface area contributed by atoms with Crippen molar-refractivity contribution in [1.82, 2.24) is 9.99 Å². The molecule has 9 heteroatoms. The first-order valence-electron chi connectivity index (χ1n) is 9.83. The number of benzene rings is 2. The van der Waals surface area contributed by atoms with Gasteiger partial charge in [0, 0.05) is 40.5 Å². The summed E-state index contributed by atoms with van der Waals surface area (Å²) in [6.07, 6.45) is 1.49. The predicted molar refractivity (Wildman–Crippen MR) is 122 cm³/mol. The van der Waals surface area contributed by atoms with Crippen molar-refractivity contribution in [1.29, 1.82) is 0 Å². The van der Waals surface area contributed by atoms with Crippen molar-refractivity contribution in [2.75, 3.05) is 5.32 Å². The minimum Gasteiger partial charge on any atom is -0.318 e. The molecule has 0 bridgehead atoms. The number of carbonyl (C=O) groups is 2. The van der Waals surface area contributed by atoms with Crippen molar-refractivity contribution in [2.24, 2.45) is 5.10 Å². The van der Waals surface area contributed by atoms with Gasteiger partial charge in [-0.3, -0.25) is 19.7 Å². The van der Waals surface area contributed by atoms with E-state index in [1.165, 1.54) is 36.0 Å². The fourth-order valence-corrected chi connectivity index (χ4v) is 3.41. The lowest BCUT2D eigenvalue weighted by atomic mass is 10.1. The number of aromatic nitrogens is 1. The fraction of sp³-hybridized carbons (Fsp3) is 0.174. The summed E-state index contributed by atoms with van der Waals surface area (Å²) in [6, 6.07) is 13.3. The molecule has 1 heterocycles. The molecule has 164 valence electrons. The van der Waals surface area contributed by atoms with Gasteiger partial charge in [0.05, 0.1) is 11.1 Å². The Bertz CT molecular complexity index is 1230. The highest BCUT2D eigenvalue weighted by molar-refractivity contribution is 6.39. The Labute approximate surface area is 184 Å². The number of rotatable bonds is 5. The molecule has 2 aromatic carbocycles. The average molecular weight is 433 g/mol. The minimum atomic E-state index is -0.956. The van der Waals surface area contributed by atoms with Crippen LogP contribution in [-0.2, 0) is 9.59 Å². The van der Waals surface area contributed by atoms with Crippen LogP contribution >= 0.6 is 0 Å². The van der Waals surface area contributed by atoms with Crippen LogP contribution < -0.4 is 10.7 Å². The molecule has 3 rings (SSSR count). The van der Waals surface area contributed by atoms with Gasteiger partial charge in [0.15, 0.2) is 0 Å². The summed E-state index contributed by atoms with van der Waals surface area (Å²) in [4.78, 5) is 34.2. The Morgan fingerprint density at radius 2 is 1.69 bits per heavy atom. The Hall–Kier alpha value is -4.27. The van der Waals surface area contributed by atoms with Gasteiger partial charge in [-0.2, -0.15) is 5.10 Å². The van der Waals surface area contributed by atoms with E-state index in [2.05, 4.69) is 45.5 Å². The van der Waals surface area contributed by atoms with Crippen LogP contribution in [-0.4, -0.2) is 27.5 Å². The van der Waals surface area contributed by atoms with Gasteiger partial charge in [0.2, 0.25) is 0 Å². The van der Waals surface area contributed by atoms with Gasteiger partial charge in [-0.1, -0.05) is 17.7 Å². The molecule has 0 fully saturated rings. The number of nitrogens with one attached hydrogen (secondary N) is 2. The molecule has 0 spiro atoms. The number of hydrazone groups is 1. The molecule has 0 atom stereocenters. The second-order valence-corrected chi connectivity index (χ2v) is 7.41. The van der Waals surface area contributed by atoms with Crippen molar-refractivity contribution in [3.05, 3.63) is 86.7 Å². The molecule has 9 nitrogen and oxygen atoms in total. The third kappa shape index (κ3) is 4.89. The highest BCUT2D eigenvalue weighted by Crippen LogP contribution is 2.23. The number of hydrogen-bond acceptors (Lipinski definition) is 5. The summed E-state index contributed by atoms with van der Waals surface area (Å²) in [7, 11) is 0. The molecule has 0 unspecified atom stereocenters. The molecule has 1 aromatic heterocycles.